The number of halogens is 3. The molecule has 1 aromatic heterocycles. The van der Waals surface area contributed by atoms with Gasteiger partial charge < -0.3 is 19.4 Å². The predicted octanol–water partition coefficient (Wildman–Crippen LogP) is 6.93. The molecule has 4 heterocycles. The van der Waals surface area contributed by atoms with E-state index in [1.807, 2.05) is 31.2 Å². The van der Waals surface area contributed by atoms with Crippen LogP contribution in [0, 0.1) is 0 Å². The molecule has 7 nitrogen and oxygen atoms in total. The number of urea groups is 1. The lowest BCUT2D eigenvalue weighted by Gasteiger charge is -2.50. The second-order valence-electron chi connectivity index (χ2n) is 11.1. The Balaban J connectivity index is 1.14. The predicted molar refractivity (Wildman–Crippen MR) is 148 cm³/mol. The van der Waals surface area contributed by atoms with Gasteiger partial charge in [-0.2, -0.15) is 13.2 Å². The third kappa shape index (κ3) is 4.38. The second-order valence-corrected chi connectivity index (χ2v) is 11.1. The summed E-state index contributed by atoms with van der Waals surface area (Å²) in [4.78, 5) is 30.2. The Morgan fingerprint density at radius 2 is 1.88 bits per heavy atom. The minimum atomic E-state index is -4.41. The summed E-state index contributed by atoms with van der Waals surface area (Å²) >= 11 is 0. The molecule has 1 saturated heterocycles. The zero-order valence-corrected chi connectivity index (χ0v) is 22.6. The summed E-state index contributed by atoms with van der Waals surface area (Å²) in [5.41, 5.74) is 3.26. The highest BCUT2D eigenvalue weighted by atomic mass is 19.4. The summed E-state index contributed by atoms with van der Waals surface area (Å²) in [5.74, 6) is 0.406. The van der Waals surface area contributed by atoms with Gasteiger partial charge in [0.2, 0.25) is 0 Å². The summed E-state index contributed by atoms with van der Waals surface area (Å²) in [6.07, 6.45) is -0.320. The molecule has 214 valence electrons. The topological polar surface area (TPSA) is 75.0 Å². The Morgan fingerprint density at radius 1 is 1.02 bits per heavy atom. The van der Waals surface area contributed by atoms with E-state index in [1.165, 1.54) is 17.0 Å². The fourth-order valence-corrected chi connectivity index (χ4v) is 6.24. The number of hydrogen-bond acceptors (Lipinski definition) is 4. The number of nitrogens with zero attached hydrogens (tertiary/aromatic N) is 2. The highest BCUT2D eigenvalue weighted by Crippen LogP contribution is 2.46. The Kier molecular flexibility index (Phi) is 5.86. The van der Waals surface area contributed by atoms with Crippen molar-refractivity contribution >= 4 is 17.6 Å². The van der Waals surface area contributed by atoms with Crippen molar-refractivity contribution in [2.75, 3.05) is 11.4 Å². The number of hydrogen-bond donors (Lipinski definition) is 1. The van der Waals surface area contributed by atoms with Crippen molar-refractivity contribution in [3.63, 3.8) is 0 Å². The molecule has 7 rings (SSSR count). The number of rotatable bonds is 3. The molecular weight excluding hydrogens is 547 g/mol. The fourth-order valence-electron chi connectivity index (χ4n) is 6.24. The third-order valence-corrected chi connectivity index (χ3v) is 8.31. The van der Waals surface area contributed by atoms with Gasteiger partial charge in [-0.05, 0) is 78.6 Å². The number of amides is 3. The Hall–Kier alpha value is -4.73. The van der Waals surface area contributed by atoms with Crippen LogP contribution in [-0.2, 0) is 19.1 Å². The Labute approximate surface area is 239 Å². The molecule has 0 spiro atoms. The number of nitrogens with one attached hydrogen (secondary N) is 1. The average molecular weight is 574 g/mol. The van der Waals surface area contributed by atoms with Gasteiger partial charge in [0.05, 0.1) is 29.8 Å². The zero-order valence-electron chi connectivity index (χ0n) is 22.6. The maximum absolute atomic E-state index is 13.5. The van der Waals surface area contributed by atoms with Gasteiger partial charge in [0.25, 0.3) is 5.91 Å². The zero-order chi connectivity index (χ0) is 29.2. The van der Waals surface area contributed by atoms with Crippen molar-refractivity contribution in [3.05, 3.63) is 107 Å². The standard InChI is InChI=1S/C32H26F3N3O4/c1-31-16-27(26-15-19(6-8-28(26)42-31)23-10-12-41-18-23)36-30(40)38(31)25-4-2-3-21(14-25)29(39)37-11-9-20-13-24(32(33,34)35)7-5-22(20)17-37/h2-8,10,12-15,18,27H,9,11,16-17H2,1H3,(H,36,40). The molecule has 3 aliphatic rings. The smallest absolute Gasteiger partial charge is 0.416 e. The molecule has 4 aromatic rings. The number of anilines is 1. The van der Waals surface area contributed by atoms with Crippen LogP contribution in [0.25, 0.3) is 11.1 Å². The number of fused-ring (bicyclic) bond motifs is 5. The lowest BCUT2D eigenvalue weighted by atomic mass is 9.88. The first-order chi connectivity index (χ1) is 20.1. The van der Waals surface area contributed by atoms with E-state index in [1.54, 1.807) is 41.7 Å². The number of carbonyl (C=O) groups is 2. The van der Waals surface area contributed by atoms with E-state index in [4.69, 9.17) is 9.15 Å². The SMILES string of the molecule is CC12CC(NC(=O)N1c1cccc(C(=O)N3CCc4cc(C(F)(F)F)ccc4C3)c1)c1cc(-c3ccoc3)ccc1O2. The molecule has 3 aliphatic heterocycles. The van der Waals surface area contributed by atoms with E-state index < -0.39 is 17.5 Å². The lowest BCUT2D eigenvalue weighted by molar-refractivity contribution is -0.137. The number of alkyl halides is 3. The molecule has 42 heavy (non-hydrogen) atoms. The first kappa shape index (κ1) is 26.2. The second kappa shape index (κ2) is 9.40. The molecule has 0 saturated carbocycles. The number of carbonyl (C=O) groups excluding carboxylic acids is 2. The summed E-state index contributed by atoms with van der Waals surface area (Å²) in [6, 6.07) is 17.6. The molecule has 2 unspecified atom stereocenters. The average Bonchev–Trinajstić information content (AvgIpc) is 3.50. The van der Waals surface area contributed by atoms with Gasteiger partial charge in [0.1, 0.15) is 5.75 Å². The monoisotopic (exact) mass is 573 g/mol. The first-order valence-corrected chi connectivity index (χ1v) is 13.6. The van der Waals surface area contributed by atoms with Crippen LogP contribution in [0.5, 0.6) is 5.75 Å². The van der Waals surface area contributed by atoms with Crippen molar-refractivity contribution in [2.24, 2.45) is 0 Å². The highest BCUT2D eigenvalue weighted by Gasteiger charge is 2.50. The van der Waals surface area contributed by atoms with Gasteiger partial charge in [-0.3, -0.25) is 9.69 Å². The van der Waals surface area contributed by atoms with Crippen molar-refractivity contribution in [1.82, 2.24) is 10.2 Å². The van der Waals surface area contributed by atoms with Crippen LogP contribution in [0.1, 0.15) is 52.0 Å². The van der Waals surface area contributed by atoms with Crippen molar-refractivity contribution in [1.29, 1.82) is 0 Å². The maximum Gasteiger partial charge on any atom is 0.416 e. The Morgan fingerprint density at radius 3 is 2.67 bits per heavy atom. The quantitative estimate of drug-likeness (QED) is 0.288. The van der Waals surface area contributed by atoms with Gasteiger partial charge >= 0.3 is 12.2 Å². The van der Waals surface area contributed by atoms with Crippen LogP contribution in [0.4, 0.5) is 23.7 Å². The van der Waals surface area contributed by atoms with E-state index in [2.05, 4.69) is 5.32 Å². The van der Waals surface area contributed by atoms with Crippen LogP contribution in [0.2, 0.25) is 0 Å². The Bertz CT molecular complexity index is 1720. The normalized spacial score (nSPS) is 21.2. The van der Waals surface area contributed by atoms with E-state index in [0.717, 1.165) is 22.8 Å². The summed E-state index contributed by atoms with van der Waals surface area (Å²) in [5, 5.41) is 3.10. The van der Waals surface area contributed by atoms with Crippen LogP contribution >= 0.6 is 0 Å². The van der Waals surface area contributed by atoms with Gasteiger partial charge in [-0.25, -0.2) is 4.79 Å². The molecule has 2 bridgehead atoms. The van der Waals surface area contributed by atoms with Crippen molar-refractivity contribution < 1.29 is 31.9 Å². The highest BCUT2D eigenvalue weighted by molar-refractivity contribution is 5.99. The molecule has 10 heteroatoms. The molecule has 1 N–H and O–H groups in total. The fraction of sp³-hybridized carbons (Fsp3) is 0.250. The van der Waals surface area contributed by atoms with Crippen LogP contribution in [-0.4, -0.2) is 29.1 Å². The van der Waals surface area contributed by atoms with Crippen molar-refractivity contribution in [3.8, 4) is 16.9 Å². The number of furan rings is 1. The molecular formula is C32H26F3N3O4. The minimum Gasteiger partial charge on any atom is -0.472 e. The summed E-state index contributed by atoms with van der Waals surface area (Å²) < 4.78 is 51.1. The van der Waals surface area contributed by atoms with Crippen LogP contribution in [0.3, 0.4) is 0 Å². The lowest BCUT2D eigenvalue weighted by Crippen LogP contribution is -2.65. The number of benzene rings is 3. The van der Waals surface area contributed by atoms with Crippen molar-refractivity contribution in [2.45, 2.75) is 44.3 Å². The maximum atomic E-state index is 13.5. The molecule has 3 aromatic carbocycles. The first-order valence-electron chi connectivity index (χ1n) is 13.6. The van der Waals surface area contributed by atoms with Crippen LogP contribution < -0.4 is 15.0 Å². The summed E-state index contributed by atoms with van der Waals surface area (Å²) in [6.45, 7) is 2.36. The van der Waals surface area contributed by atoms with E-state index in [-0.39, 0.29) is 24.5 Å². The summed E-state index contributed by atoms with van der Waals surface area (Å²) in [7, 11) is 0. The van der Waals surface area contributed by atoms with E-state index >= 15 is 0 Å². The van der Waals surface area contributed by atoms with Gasteiger partial charge in [-0.1, -0.05) is 18.2 Å². The van der Waals surface area contributed by atoms with Crippen LogP contribution in [0.15, 0.2) is 83.7 Å². The van der Waals surface area contributed by atoms with E-state index in [0.29, 0.717) is 47.5 Å². The third-order valence-electron chi connectivity index (χ3n) is 8.31. The molecule has 0 aliphatic carbocycles. The van der Waals surface area contributed by atoms with Gasteiger partial charge in [0.15, 0.2) is 5.72 Å². The molecule has 1 fully saturated rings. The minimum absolute atomic E-state index is 0.209. The molecule has 3 amide bonds. The molecule has 2 atom stereocenters. The largest absolute Gasteiger partial charge is 0.472 e. The van der Waals surface area contributed by atoms with Gasteiger partial charge in [-0.15, -0.1) is 0 Å². The van der Waals surface area contributed by atoms with E-state index in [9.17, 15) is 22.8 Å². The number of ether oxygens (including phenoxy) is 1. The molecule has 0 radical (unpaired) electrons. The van der Waals surface area contributed by atoms with Gasteiger partial charge in [0, 0.05) is 36.2 Å².